The second-order valence-corrected chi connectivity index (χ2v) is 5.83. The van der Waals surface area contributed by atoms with E-state index in [0.717, 1.165) is 19.3 Å². The number of carboxylic acid groups (broad SMARTS) is 1. The zero-order chi connectivity index (χ0) is 15.5. The molecule has 21 heavy (non-hydrogen) atoms. The molecule has 114 valence electrons. The van der Waals surface area contributed by atoms with E-state index in [1.807, 2.05) is 0 Å². The second kappa shape index (κ2) is 6.43. The quantitative estimate of drug-likeness (QED) is 0.898. The molecule has 2 N–H and O–H groups in total. The molecule has 2 rings (SSSR count). The lowest BCUT2D eigenvalue weighted by Crippen LogP contribution is -2.55. The molecule has 6 heteroatoms. The fourth-order valence-electron chi connectivity index (χ4n) is 2.69. The van der Waals surface area contributed by atoms with Crippen LogP contribution in [0.3, 0.4) is 0 Å². The van der Waals surface area contributed by atoms with Crippen molar-refractivity contribution in [3.63, 3.8) is 0 Å². The first-order valence-corrected chi connectivity index (χ1v) is 7.29. The first-order chi connectivity index (χ1) is 9.93. The van der Waals surface area contributed by atoms with Gasteiger partial charge in [0.2, 0.25) is 5.91 Å². The predicted octanol–water partition coefficient (Wildman–Crippen LogP) is 2.93. The fraction of sp³-hybridized carbons (Fsp3) is 0.467. The van der Waals surface area contributed by atoms with E-state index in [1.54, 1.807) is 6.07 Å². The highest BCUT2D eigenvalue weighted by Crippen LogP contribution is 2.28. The van der Waals surface area contributed by atoms with Crippen LogP contribution in [0.2, 0.25) is 5.02 Å². The summed E-state index contributed by atoms with van der Waals surface area (Å²) in [7, 11) is 0. The van der Waals surface area contributed by atoms with Crippen LogP contribution in [0, 0.1) is 5.82 Å². The van der Waals surface area contributed by atoms with Crippen molar-refractivity contribution in [1.82, 2.24) is 5.32 Å². The minimum Gasteiger partial charge on any atom is -0.480 e. The molecule has 0 bridgehead atoms. The fourth-order valence-corrected chi connectivity index (χ4v) is 2.81. The van der Waals surface area contributed by atoms with Crippen LogP contribution >= 0.6 is 11.6 Å². The first kappa shape index (κ1) is 15.8. The minimum atomic E-state index is -1.18. The van der Waals surface area contributed by atoms with Gasteiger partial charge in [-0.1, -0.05) is 36.9 Å². The average molecular weight is 314 g/mol. The van der Waals surface area contributed by atoms with Crippen LogP contribution in [0.4, 0.5) is 4.39 Å². The van der Waals surface area contributed by atoms with Crippen molar-refractivity contribution in [2.24, 2.45) is 0 Å². The largest absolute Gasteiger partial charge is 0.480 e. The zero-order valence-electron chi connectivity index (χ0n) is 11.5. The third kappa shape index (κ3) is 3.73. The molecule has 1 aromatic carbocycles. The standard InChI is InChI=1S/C15H17ClFNO3/c16-11-5-4-10(8-12(11)17)9-13(19)18-15(14(20)21)6-2-1-3-7-15/h4-5,8H,1-3,6-7,9H2,(H,18,19)(H,20,21). The van der Waals surface area contributed by atoms with E-state index in [4.69, 9.17) is 11.6 Å². The van der Waals surface area contributed by atoms with Gasteiger partial charge in [-0.3, -0.25) is 4.79 Å². The molecule has 1 aromatic rings. The summed E-state index contributed by atoms with van der Waals surface area (Å²) in [5.41, 5.74) is -0.717. The monoisotopic (exact) mass is 313 g/mol. The van der Waals surface area contributed by atoms with Crippen LogP contribution in [0.5, 0.6) is 0 Å². The summed E-state index contributed by atoms with van der Waals surface area (Å²) in [6.07, 6.45) is 3.34. The lowest BCUT2D eigenvalue weighted by atomic mass is 9.81. The normalized spacial score (nSPS) is 17.2. The average Bonchev–Trinajstić information content (AvgIpc) is 2.43. The number of aliphatic carboxylic acids is 1. The highest BCUT2D eigenvalue weighted by molar-refractivity contribution is 6.30. The molecular weight excluding hydrogens is 297 g/mol. The molecule has 0 radical (unpaired) electrons. The maximum Gasteiger partial charge on any atom is 0.329 e. The molecule has 1 saturated carbocycles. The summed E-state index contributed by atoms with van der Waals surface area (Å²) in [6, 6.07) is 4.13. The third-order valence-corrected chi connectivity index (χ3v) is 4.15. The number of hydrogen-bond donors (Lipinski definition) is 2. The number of carbonyl (C=O) groups excluding carboxylic acids is 1. The lowest BCUT2D eigenvalue weighted by Gasteiger charge is -2.34. The molecule has 0 heterocycles. The van der Waals surface area contributed by atoms with Crippen molar-refractivity contribution in [3.05, 3.63) is 34.6 Å². The molecule has 1 fully saturated rings. The number of amides is 1. The van der Waals surface area contributed by atoms with Gasteiger partial charge in [-0.2, -0.15) is 0 Å². The highest BCUT2D eigenvalue weighted by Gasteiger charge is 2.40. The van der Waals surface area contributed by atoms with Gasteiger partial charge in [0, 0.05) is 0 Å². The van der Waals surface area contributed by atoms with Crippen LogP contribution in [-0.2, 0) is 16.0 Å². The van der Waals surface area contributed by atoms with E-state index < -0.39 is 23.2 Å². The van der Waals surface area contributed by atoms with Gasteiger partial charge >= 0.3 is 5.97 Å². The molecule has 0 aliphatic heterocycles. The van der Waals surface area contributed by atoms with E-state index in [1.165, 1.54) is 12.1 Å². The van der Waals surface area contributed by atoms with Crippen molar-refractivity contribution in [2.75, 3.05) is 0 Å². The molecular formula is C15H17ClFNO3. The predicted molar refractivity (Wildman–Crippen MR) is 76.7 cm³/mol. The molecule has 1 aliphatic carbocycles. The Morgan fingerprint density at radius 1 is 1.29 bits per heavy atom. The van der Waals surface area contributed by atoms with Gasteiger partial charge in [-0.25, -0.2) is 9.18 Å². The molecule has 1 amide bonds. The van der Waals surface area contributed by atoms with E-state index >= 15 is 0 Å². The Hall–Kier alpha value is -1.62. The van der Waals surface area contributed by atoms with Crippen molar-refractivity contribution in [3.8, 4) is 0 Å². The van der Waals surface area contributed by atoms with Crippen LogP contribution in [0.15, 0.2) is 18.2 Å². The molecule has 0 spiro atoms. The van der Waals surface area contributed by atoms with Crippen molar-refractivity contribution in [2.45, 2.75) is 44.1 Å². The summed E-state index contributed by atoms with van der Waals surface area (Å²) in [5.74, 6) is -2.01. The highest BCUT2D eigenvalue weighted by atomic mass is 35.5. The SMILES string of the molecule is O=C(Cc1ccc(Cl)c(F)c1)NC1(C(=O)O)CCCCC1. The number of halogens is 2. The van der Waals surface area contributed by atoms with Gasteiger partial charge < -0.3 is 10.4 Å². The van der Waals surface area contributed by atoms with Gasteiger partial charge in [0.1, 0.15) is 11.4 Å². The van der Waals surface area contributed by atoms with E-state index in [9.17, 15) is 19.1 Å². The topological polar surface area (TPSA) is 66.4 Å². The van der Waals surface area contributed by atoms with Gasteiger partial charge in [0.05, 0.1) is 11.4 Å². The molecule has 0 unspecified atom stereocenters. The van der Waals surface area contributed by atoms with Crippen LogP contribution < -0.4 is 5.32 Å². The summed E-state index contributed by atoms with van der Waals surface area (Å²) in [4.78, 5) is 23.5. The van der Waals surface area contributed by atoms with E-state index in [-0.39, 0.29) is 11.4 Å². The van der Waals surface area contributed by atoms with Crippen LogP contribution in [-0.4, -0.2) is 22.5 Å². The Balaban J connectivity index is 2.05. The maximum atomic E-state index is 13.3. The number of benzene rings is 1. The van der Waals surface area contributed by atoms with Crippen LogP contribution in [0.1, 0.15) is 37.7 Å². The molecule has 4 nitrogen and oxygen atoms in total. The smallest absolute Gasteiger partial charge is 0.329 e. The second-order valence-electron chi connectivity index (χ2n) is 5.42. The van der Waals surface area contributed by atoms with E-state index in [0.29, 0.717) is 18.4 Å². The summed E-state index contributed by atoms with van der Waals surface area (Å²) in [5, 5.41) is 12.0. The first-order valence-electron chi connectivity index (χ1n) is 6.91. The van der Waals surface area contributed by atoms with Crippen LogP contribution in [0.25, 0.3) is 0 Å². The van der Waals surface area contributed by atoms with Gasteiger partial charge in [0.15, 0.2) is 0 Å². The maximum absolute atomic E-state index is 13.3. The van der Waals surface area contributed by atoms with E-state index in [2.05, 4.69) is 5.32 Å². The number of hydrogen-bond acceptors (Lipinski definition) is 2. The zero-order valence-corrected chi connectivity index (χ0v) is 12.3. The molecule has 0 atom stereocenters. The molecule has 0 saturated heterocycles. The lowest BCUT2D eigenvalue weighted by molar-refractivity contribution is -0.149. The minimum absolute atomic E-state index is 0.00607. The van der Waals surface area contributed by atoms with Gasteiger partial charge in [0.25, 0.3) is 0 Å². The summed E-state index contributed by atoms with van der Waals surface area (Å²) >= 11 is 5.58. The Morgan fingerprint density at radius 2 is 1.95 bits per heavy atom. The third-order valence-electron chi connectivity index (χ3n) is 3.84. The Labute approximate surface area is 127 Å². The number of rotatable bonds is 4. The number of carbonyl (C=O) groups is 2. The van der Waals surface area contributed by atoms with Crippen molar-refractivity contribution >= 4 is 23.5 Å². The number of carboxylic acids is 1. The summed E-state index contributed by atoms with van der Waals surface area (Å²) in [6.45, 7) is 0. The molecule has 1 aliphatic rings. The van der Waals surface area contributed by atoms with Gasteiger partial charge in [-0.15, -0.1) is 0 Å². The molecule has 0 aromatic heterocycles. The van der Waals surface area contributed by atoms with Crippen molar-refractivity contribution in [1.29, 1.82) is 0 Å². The summed E-state index contributed by atoms with van der Waals surface area (Å²) < 4.78 is 13.3. The Morgan fingerprint density at radius 3 is 2.52 bits per heavy atom. The number of nitrogens with one attached hydrogen (secondary N) is 1. The van der Waals surface area contributed by atoms with Crippen molar-refractivity contribution < 1.29 is 19.1 Å². The Bertz CT molecular complexity index is 556. The van der Waals surface area contributed by atoms with Gasteiger partial charge in [-0.05, 0) is 30.5 Å². The Kier molecular flexibility index (Phi) is 4.83.